The maximum atomic E-state index is 11.2. The number of piperidine rings is 1. The minimum atomic E-state index is -0.903. The molecule has 1 aromatic carbocycles. The Morgan fingerprint density at radius 3 is 2.89 bits per heavy atom. The molecule has 0 radical (unpaired) electrons. The third-order valence-corrected chi connectivity index (χ3v) is 3.56. The minimum Gasteiger partial charge on any atom is -0.465 e. The number of benzene rings is 1. The molecule has 0 aliphatic carbocycles. The number of likely N-dealkylation sites (tertiary alicyclic amines) is 1. The first kappa shape index (κ1) is 12.7. The molecule has 1 N–H and O–H groups in total. The molecule has 1 amide bonds. The van der Waals surface area contributed by atoms with Gasteiger partial charge >= 0.3 is 6.09 Å². The number of hydrogen-bond donors (Lipinski definition) is 1. The van der Waals surface area contributed by atoms with Crippen molar-refractivity contribution < 1.29 is 9.90 Å². The van der Waals surface area contributed by atoms with Gasteiger partial charge in [-0.15, -0.1) is 0 Å². The van der Waals surface area contributed by atoms with Crippen LogP contribution in [0.25, 0.3) is 0 Å². The molecule has 1 unspecified atom stereocenters. The average molecular weight is 265 g/mol. The van der Waals surface area contributed by atoms with Crippen LogP contribution in [0.2, 0.25) is 5.02 Å². The summed E-state index contributed by atoms with van der Waals surface area (Å²) in [6.45, 7) is 0.553. The van der Waals surface area contributed by atoms with Gasteiger partial charge in [-0.25, -0.2) is 4.79 Å². The van der Waals surface area contributed by atoms with Gasteiger partial charge in [0.15, 0.2) is 0 Å². The molecule has 5 heteroatoms. The van der Waals surface area contributed by atoms with Gasteiger partial charge in [0, 0.05) is 6.54 Å². The highest BCUT2D eigenvalue weighted by atomic mass is 35.5. The zero-order valence-corrected chi connectivity index (χ0v) is 10.5. The van der Waals surface area contributed by atoms with Gasteiger partial charge in [-0.3, -0.25) is 0 Å². The molecule has 94 valence electrons. The first-order chi connectivity index (χ1) is 8.63. The second-order valence-electron chi connectivity index (χ2n) is 4.34. The summed E-state index contributed by atoms with van der Waals surface area (Å²) in [6, 6.07) is 6.98. The van der Waals surface area contributed by atoms with Crippen molar-refractivity contribution in [3.05, 3.63) is 34.3 Å². The number of nitriles is 1. The third-order valence-electron chi connectivity index (χ3n) is 3.25. The number of carbonyl (C=O) groups is 1. The SMILES string of the molecule is N#Cc1ccc(C2CCCCN2C(=O)O)cc1Cl. The Balaban J connectivity index is 2.32. The summed E-state index contributed by atoms with van der Waals surface area (Å²) in [5, 5.41) is 18.4. The van der Waals surface area contributed by atoms with Gasteiger partial charge < -0.3 is 10.0 Å². The standard InChI is InChI=1S/C13H13ClN2O2/c14-11-7-9(4-5-10(11)8-15)12-3-1-2-6-16(12)13(17)18/h4-5,7,12H,1-3,6H2,(H,17,18). The lowest BCUT2D eigenvalue weighted by atomic mass is 9.95. The van der Waals surface area contributed by atoms with Crippen LogP contribution in [0.3, 0.4) is 0 Å². The molecule has 0 spiro atoms. The van der Waals surface area contributed by atoms with E-state index in [9.17, 15) is 9.90 Å². The Bertz CT molecular complexity index is 510. The highest BCUT2D eigenvalue weighted by Crippen LogP contribution is 2.32. The van der Waals surface area contributed by atoms with E-state index in [4.69, 9.17) is 16.9 Å². The van der Waals surface area contributed by atoms with Crippen LogP contribution in [0.15, 0.2) is 18.2 Å². The summed E-state index contributed by atoms with van der Waals surface area (Å²) in [5.41, 5.74) is 1.28. The first-order valence-electron chi connectivity index (χ1n) is 5.82. The van der Waals surface area contributed by atoms with Crippen LogP contribution in [0.4, 0.5) is 4.79 Å². The lowest BCUT2D eigenvalue weighted by molar-refractivity contribution is 0.106. The molecule has 2 rings (SSSR count). The molecule has 0 bridgehead atoms. The van der Waals surface area contributed by atoms with Crippen molar-refractivity contribution in [2.45, 2.75) is 25.3 Å². The van der Waals surface area contributed by atoms with Crippen LogP contribution < -0.4 is 0 Å². The van der Waals surface area contributed by atoms with Gasteiger partial charge in [0.2, 0.25) is 0 Å². The fourth-order valence-electron chi connectivity index (χ4n) is 2.34. The van der Waals surface area contributed by atoms with Gasteiger partial charge in [-0.2, -0.15) is 5.26 Å². The average Bonchev–Trinajstić information content (AvgIpc) is 2.38. The zero-order valence-electron chi connectivity index (χ0n) is 9.77. The molecular weight excluding hydrogens is 252 g/mol. The minimum absolute atomic E-state index is 0.151. The van der Waals surface area contributed by atoms with Crippen molar-refractivity contribution in [3.8, 4) is 6.07 Å². The fourth-order valence-corrected chi connectivity index (χ4v) is 2.57. The van der Waals surface area contributed by atoms with E-state index in [2.05, 4.69) is 0 Å². The van der Waals surface area contributed by atoms with Crippen molar-refractivity contribution in [3.63, 3.8) is 0 Å². The predicted molar refractivity (Wildman–Crippen MR) is 67.5 cm³/mol. The Kier molecular flexibility index (Phi) is 3.73. The van der Waals surface area contributed by atoms with E-state index >= 15 is 0 Å². The lowest BCUT2D eigenvalue weighted by Crippen LogP contribution is -2.37. The van der Waals surface area contributed by atoms with Crippen LogP contribution in [0.1, 0.15) is 36.4 Å². The molecule has 0 aromatic heterocycles. The van der Waals surface area contributed by atoms with Crippen molar-refractivity contribution in [2.75, 3.05) is 6.54 Å². The Labute approximate surface area is 110 Å². The van der Waals surface area contributed by atoms with Crippen LogP contribution in [-0.2, 0) is 0 Å². The molecule has 18 heavy (non-hydrogen) atoms. The fraction of sp³-hybridized carbons (Fsp3) is 0.385. The topological polar surface area (TPSA) is 64.3 Å². The molecule has 1 heterocycles. The van der Waals surface area contributed by atoms with Crippen molar-refractivity contribution in [1.29, 1.82) is 5.26 Å². The maximum absolute atomic E-state index is 11.2. The third kappa shape index (κ3) is 2.41. The van der Waals surface area contributed by atoms with E-state index in [0.717, 1.165) is 24.8 Å². The first-order valence-corrected chi connectivity index (χ1v) is 6.20. The molecular formula is C13H13ClN2O2. The molecule has 1 fully saturated rings. The van der Waals surface area contributed by atoms with Crippen LogP contribution >= 0.6 is 11.6 Å². The number of rotatable bonds is 1. The summed E-state index contributed by atoms with van der Waals surface area (Å²) in [5.74, 6) is 0. The van der Waals surface area contributed by atoms with Crippen LogP contribution in [-0.4, -0.2) is 22.6 Å². The van der Waals surface area contributed by atoms with Crippen molar-refractivity contribution >= 4 is 17.7 Å². The lowest BCUT2D eigenvalue weighted by Gasteiger charge is -2.33. The van der Waals surface area contributed by atoms with Gasteiger partial charge in [-0.1, -0.05) is 17.7 Å². The maximum Gasteiger partial charge on any atom is 0.407 e. The van der Waals surface area contributed by atoms with Crippen LogP contribution in [0.5, 0.6) is 0 Å². The zero-order chi connectivity index (χ0) is 13.1. The van der Waals surface area contributed by atoms with E-state index in [1.54, 1.807) is 18.2 Å². The summed E-state index contributed by atoms with van der Waals surface area (Å²) < 4.78 is 0. The van der Waals surface area contributed by atoms with Crippen molar-refractivity contribution in [2.24, 2.45) is 0 Å². The number of amides is 1. The van der Waals surface area contributed by atoms with Gasteiger partial charge in [0.05, 0.1) is 16.6 Å². The second kappa shape index (κ2) is 5.28. The molecule has 1 aliphatic rings. The summed E-state index contributed by atoms with van der Waals surface area (Å²) in [6.07, 6.45) is 1.80. The Morgan fingerprint density at radius 1 is 1.50 bits per heavy atom. The van der Waals surface area contributed by atoms with E-state index in [0.29, 0.717) is 17.1 Å². The van der Waals surface area contributed by atoms with Crippen LogP contribution in [0, 0.1) is 11.3 Å². The predicted octanol–water partition coefficient (Wildman–Crippen LogP) is 3.42. The smallest absolute Gasteiger partial charge is 0.407 e. The number of halogens is 1. The van der Waals surface area contributed by atoms with Gasteiger partial charge in [-0.05, 0) is 37.0 Å². The van der Waals surface area contributed by atoms with E-state index in [1.165, 1.54) is 4.90 Å². The van der Waals surface area contributed by atoms with Crippen molar-refractivity contribution in [1.82, 2.24) is 4.90 Å². The molecule has 0 saturated carbocycles. The Hall–Kier alpha value is -1.73. The van der Waals surface area contributed by atoms with Gasteiger partial charge in [0.1, 0.15) is 6.07 Å². The summed E-state index contributed by atoms with van der Waals surface area (Å²) in [4.78, 5) is 12.6. The molecule has 4 nitrogen and oxygen atoms in total. The van der Waals surface area contributed by atoms with Gasteiger partial charge in [0.25, 0.3) is 0 Å². The second-order valence-corrected chi connectivity index (χ2v) is 4.75. The number of nitrogens with zero attached hydrogens (tertiary/aromatic N) is 2. The largest absolute Gasteiger partial charge is 0.465 e. The Morgan fingerprint density at radius 2 is 2.28 bits per heavy atom. The van der Waals surface area contributed by atoms with E-state index in [1.807, 2.05) is 6.07 Å². The quantitative estimate of drug-likeness (QED) is 0.845. The molecule has 1 aliphatic heterocycles. The summed E-state index contributed by atoms with van der Waals surface area (Å²) >= 11 is 5.99. The normalized spacial score (nSPS) is 19.3. The monoisotopic (exact) mass is 264 g/mol. The van der Waals surface area contributed by atoms with E-state index < -0.39 is 6.09 Å². The number of carboxylic acid groups (broad SMARTS) is 1. The highest BCUT2D eigenvalue weighted by Gasteiger charge is 2.27. The molecule has 1 saturated heterocycles. The number of hydrogen-bond acceptors (Lipinski definition) is 2. The summed E-state index contributed by atoms with van der Waals surface area (Å²) in [7, 11) is 0. The molecule has 1 atom stereocenters. The van der Waals surface area contributed by atoms with E-state index in [-0.39, 0.29) is 6.04 Å². The molecule has 1 aromatic rings. The highest BCUT2D eigenvalue weighted by molar-refractivity contribution is 6.31.